The fourth-order valence-electron chi connectivity index (χ4n) is 2.67. The van der Waals surface area contributed by atoms with Gasteiger partial charge in [0.25, 0.3) is 0 Å². The Morgan fingerprint density at radius 1 is 1.53 bits per heavy atom. The number of rotatable bonds is 5. The van der Waals surface area contributed by atoms with Crippen LogP contribution < -0.4 is 5.32 Å². The van der Waals surface area contributed by atoms with E-state index >= 15 is 0 Å². The van der Waals surface area contributed by atoms with E-state index in [9.17, 15) is 0 Å². The largest absolute Gasteiger partial charge is 0.381 e. The van der Waals surface area contributed by atoms with Crippen LogP contribution in [0.3, 0.4) is 0 Å². The molecule has 2 aromatic heterocycles. The van der Waals surface area contributed by atoms with E-state index in [2.05, 4.69) is 33.0 Å². The Morgan fingerprint density at radius 2 is 2.47 bits per heavy atom. The second-order valence-corrected chi connectivity index (χ2v) is 5.94. The average molecular weight is 277 g/mol. The number of aromatic nitrogens is 2. The van der Waals surface area contributed by atoms with Crippen molar-refractivity contribution in [2.24, 2.45) is 0 Å². The number of aromatic amines is 1. The Labute approximate surface area is 117 Å². The van der Waals surface area contributed by atoms with Gasteiger partial charge in [-0.15, -0.1) is 11.3 Å². The van der Waals surface area contributed by atoms with Crippen LogP contribution in [0.25, 0.3) is 10.6 Å². The zero-order chi connectivity index (χ0) is 13.1. The average Bonchev–Trinajstić information content (AvgIpc) is 3.16. The van der Waals surface area contributed by atoms with Gasteiger partial charge in [-0.25, -0.2) is 0 Å². The topological polar surface area (TPSA) is 49.9 Å². The number of nitrogens with one attached hydrogen (secondary N) is 2. The lowest BCUT2D eigenvalue weighted by atomic mass is 10.2. The summed E-state index contributed by atoms with van der Waals surface area (Å²) >= 11 is 1.74. The van der Waals surface area contributed by atoms with Crippen molar-refractivity contribution in [3.05, 3.63) is 29.3 Å². The molecular weight excluding hydrogens is 258 g/mol. The summed E-state index contributed by atoms with van der Waals surface area (Å²) in [6.45, 7) is 0.866. The third-order valence-electron chi connectivity index (χ3n) is 3.78. The first kappa shape index (κ1) is 12.8. The van der Waals surface area contributed by atoms with Crippen LogP contribution in [0, 0.1) is 0 Å². The van der Waals surface area contributed by atoms with Gasteiger partial charge in [0.2, 0.25) is 0 Å². The summed E-state index contributed by atoms with van der Waals surface area (Å²) < 4.78 is 5.40. The summed E-state index contributed by atoms with van der Waals surface area (Å²) in [6, 6.07) is 4.76. The molecule has 2 aromatic rings. The van der Waals surface area contributed by atoms with E-state index in [1.807, 2.05) is 6.20 Å². The minimum Gasteiger partial charge on any atom is -0.381 e. The monoisotopic (exact) mass is 277 g/mol. The zero-order valence-corrected chi connectivity index (χ0v) is 11.9. The molecule has 0 aliphatic heterocycles. The molecule has 0 aromatic carbocycles. The van der Waals surface area contributed by atoms with Crippen LogP contribution in [-0.4, -0.2) is 29.5 Å². The molecule has 102 valence electrons. The highest BCUT2D eigenvalue weighted by atomic mass is 32.1. The summed E-state index contributed by atoms with van der Waals surface area (Å²) in [5.41, 5.74) is 2.38. The predicted molar refractivity (Wildman–Crippen MR) is 77.2 cm³/mol. The summed E-state index contributed by atoms with van der Waals surface area (Å²) in [6.07, 6.45) is 5.83. The second kappa shape index (κ2) is 5.86. The van der Waals surface area contributed by atoms with Crippen molar-refractivity contribution in [1.82, 2.24) is 15.5 Å². The first-order chi connectivity index (χ1) is 9.36. The van der Waals surface area contributed by atoms with Gasteiger partial charge in [0, 0.05) is 25.3 Å². The fourth-order valence-corrected chi connectivity index (χ4v) is 3.43. The van der Waals surface area contributed by atoms with Crippen LogP contribution in [0.4, 0.5) is 0 Å². The van der Waals surface area contributed by atoms with Gasteiger partial charge in [-0.2, -0.15) is 5.10 Å². The minimum atomic E-state index is 0.429. The molecule has 0 amide bonds. The van der Waals surface area contributed by atoms with E-state index in [-0.39, 0.29) is 0 Å². The van der Waals surface area contributed by atoms with Gasteiger partial charge in [0.1, 0.15) is 0 Å². The molecule has 0 bridgehead atoms. The smallest absolute Gasteiger partial charge is 0.0794 e. The van der Waals surface area contributed by atoms with E-state index < -0.39 is 0 Å². The molecule has 0 radical (unpaired) electrons. The summed E-state index contributed by atoms with van der Waals surface area (Å²) in [4.78, 5) is 1.25. The van der Waals surface area contributed by atoms with Crippen molar-refractivity contribution in [2.45, 2.75) is 38.0 Å². The first-order valence-corrected chi connectivity index (χ1v) is 7.57. The number of methoxy groups -OCH3 is 1. The number of nitrogens with zero attached hydrogens (tertiary/aromatic N) is 1. The van der Waals surface area contributed by atoms with Crippen LogP contribution in [0.15, 0.2) is 23.7 Å². The van der Waals surface area contributed by atoms with Crippen molar-refractivity contribution in [2.75, 3.05) is 7.11 Å². The molecule has 2 unspecified atom stereocenters. The van der Waals surface area contributed by atoms with Crippen LogP contribution in [0.1, 0.15) is 24.8 Å². The highest BCUT2D eigenvalue weighted by molar-refractivity contribution is 7.13. The standard InChI is InChI=1S/C14H19N3OS/c1-18-12-5-4-11(7-12)15-8-10-9-16-17-14(10)13-3-2-6-19-13/h2-3,6,9,11-12,15H,4-5,7-8H2,1H3,(H,16,17). The van der Waals surface area contributed by atoms with Crippen LogP contribution in [-0.2, 0) is 11.3 Å². The lowest BCUT2D eigenvalue weighted by molar-refractivity contribution is 0.107. The van der Waals surface area contributed by atoms with Crippen molar-refractivity contribution < 1.29 is 4.74 Å². The Bertz CT molecular complexity index is 509. The molecule has 1 aliphatic rings. The van der Waals surface area contributed by atoms with E-state index in [1.54, 1.807) is 18.4 Å². The van der Waals surface area contributed by atoms with Gasteiger partial charge in [-0.05, 0) is 30.7 Å². The molecule has 4 nitrogen and oxygen atoms in total. The molecule has 19 heavy (non-hydrogen) atoms. The highest BCUT2D eigenvalue weighted by Crippen LogP contribution is 2.26. The van der Waals surface area contributed by atoms with Crippen LogP contribution in [0.2, 0.25) is 0 Å². The van der Waals surface area contributed by atoms with Gasteiger partial charge < -0.3 is 10.1 Å². The van der Waals surface area contributed by atoms with Crippen molar-refractivity contribution in [3.63, 3.8) is 0 Å². The summed E-state index contributed by atoms with van der Waals surface area (Å²) in [5, 5.41) is 13.0. The Morgan fingerprint density at radius 3 is 3.21 bits per heavy atom. The molecule has 3 rings (SSSR count). The number of ether oxygens (including phenoxy) is 1. The third-order valence-corrected chi connectivity index (χ3v) is 4.67. The van der Waals surface area contributed by atoms with Gasteiger partial charge in [-0.1, -0.05) is 6.07 Å². The maximum atomic E-state index is 5.40. The molecular formula is C14H19N3OS. The minimum absolute atomic E-state index is 0.429. The highest BCUT2D eigenvalue weighted by Gasteiger charge is 2.24. The van der Waals surface area contributed by atoms with E-state index in [4.69, 9.17) is 4.74 Å². The Balaban J connectivity index is 1.61. The molecule has 1 saturated carbocycles. The first-order valence-electron chi connectivity index (χ1n) is 6.69. The van der Waals surface area contributed by atoms with E-state index in [0.29, 0.717) is 12.1 Å². The number of thiophene rings is 1. The molecule has 0 spiro atoms. The lowest BCUT2D eigenvalue weighted by Crippen LogP contribution is -2.26. The molecule has 5 heteroatoms. The summed E-state index contributed by atoms with van der Waals surface area (Å²) in [5.74, 6) is 0. The maximum absolute atomic E-state index is 5.40. The summed E-state index contributed by atoms with van der Waals surface area (Å²) in [7, 11) is 1.80. The fraction of sp³-hybridized carbons (Fsp3) is 0.500. The third kappa shape index (κ3) is 2.88. The Kier molecular flexibility index (Phi) is 3.96. The quantitative estimate of drug-likeness (QED) is 0.883. The second-order valence-electron chi connectivity index (χ2n) is 5.00. The van der Waals surface area contributed by atoms with Gasteiger partial charge in [0.05, 0.1) is 22.9 Å². The molecule has 1 fully saturated rings. The Hall–Kier alpha value is -1.17. The number of hydrogen-bond acceptors (Lipinski definition) is 4. The van der Waals surface area contributed by atoms with Crippen LogP contribution >= 0.6 is 11.3 Å². The SMILES string of the molecule is COC1CCC(NCc2cn[nH]c2-c2cccs2)C1. The normalized spacial score (nSPS) is 23.0. The molecule has 2 atom stereocenters. The molecule has 2 N–H and O–H groups in total. The van der Waals surface area contributed by atoms with E-state index in [1.165, 1.54) is 16.9 Å². The van der Waals surface area contributed by atoms with Gasteiger partial charge >= 0.3 is 0 Å². The molecule has 1 aliphatic carbocycles. The number of H-pyrrole nitrogens is 1. The van der Waals surface area contributed by atoms with Crippen molar-refractivity contribution in [1.29, 1.82) is 0 Å². The maximum Gasteiger partial charge on any atom is 0.0794 e. The van der Waals surface area contributed by atoms with Crippen LogP contribution in [0.5, 0.6) is 0 Å². The van der Waals surface area contributed by atoms with E-state index in [0.717, 1.165) is 25.1 Å². The lowest BCUT2D eigenvalue weighted by Gasteiger charge is -2.12. The van der Waals surface area contributed by atoms with Gasteiger partial charge in [0.15, 0.2) is 0 Å². The molecule has 0 saturated heterocycles. The van der Waals surface area contributed by atoms with Gasteiger partial charge in [-0.3, -0.25) is 5.10 Å². The predicted octanol–water partition coefficient (Wildman–Crippen LogP) is 2.80. The van der Waals surface area contributed by atoms with Crippen molar-refractivity contribution >= 4 is 11.3 Å². The molecule has 2 heterocycles. The zero-order valence-electron chi connectivity index (χ0n) is 11.1. The number of hydrogen-bond donors (Lipinski definition) is 2. The van der Waals surface area contributed by atoms with Crippen molar-refractivity contribution in [3.8, 4) is 10.6 Å².